The van der Waals surface area contributed by atoms with Gasteiger partial charge in [-0.1, -0.05) is 13.8 Å². The van der Waals surface area contributed by atoms with Gasteiger partial charge < -0.3 is 14.8 Å². The predicted octanol–water partition coefficient (Wildman–Crippen LogP) is 1.94. The first-order chi connectivity index (χ1) is 10.4. The van der Waals surface area contributed by atoms with E-state index < -0.39 is 11.4 Å². The molecular weight excluding hydrogens is 284 g/mol. The normalized spacial score (nSPS) is 12.9. The molecule has 0 aliphatic rings. The third-order valence-electron chi connectivity index (χ3n) is 3.47. The zero-order chi connectivity index (χ0) is 16.8. The molecule has 0 aliphatic heterocycles. The summed E-state index contributed by atoms with van der Waals surface area (Å²) in [5, 5.41) is 11.8. The molecule has 0 aliphatic carbocycles. The highest BCUT2D eigenvalue weighted by Crippen LogP contribution is 2.27. The maximum atomic E-state index is 11.9. The number of carbonyl (C=O) groups is 2. The van der Waals surface area contributed by atoms with Crippen LogP contribution in [0, 0.1) is 17.2 Å². The molecular formula is C16H20N2O4. The lowest BCUT2D eigenvalue weighted by Crippen LogP contribution is -2.50. The Morgan fingerprint density at radius 1 is 1.45 bits per heavy atom. The van der Waals surface area contributed by atoms with Crippen LogP contribution in [-0.4, -0.2) is 31.4 Å². The van der Waals surface area contributed by atoms with Crippen molar-refractivity contribution >= 4 is 12.2 Å². The Morgan fingerprint density at radius 3 is 2.64 bits per heavy atom. The van der Waals surface area contributed by atoms with Crippen molar-refractivity contribution in [1.29, 1.82) is 5.26 Å². The fourth-order valence-corrected chi connectivity index (χ4v) is 1.65. The number of nitriles is 1. The average molecular weight is 304 g/mol. The van der Waals surface area contributed by atoms with Gasteiger partial charge >= 0.3 is 0 Å². The Hall–Kier alpha value is -2.55. The van der Waals surface area contributed by atoms with Gasteiger partial charge in [-0.3, -0.25) is 9.59 Å². The van der Waals surface area contributed by atoms with Gasteiger partial charge in [-0.15, -0.1) is 0 Å². The van der Waals surface area contributed by atoms with Gasteiger partial charge in [0.25, 0.3) is 5.91 Å². The van der Waals surface area contributed by atoms with Crippen molar-refractivity contribution in [1.82, 2.24) is 5.32 Å². The number of carbonyl (C=O) groups excluding carboxylic acids is 2. The zero-order valence-corrected chi connectivity index (χ0v) is 13.2. The third-order valence-corrected chi connectivity index (χ3v) is 3.47. The molecule has 1 rings (SSSR count). The minimum atomic E-state index is -0.952. The molecule has 1 aromatic carbocycles. The molecule has 118 valence electrons. The zero-order valence-electron chi connectivity index (χ0n) is 13.2. The average Bonchev–Trinajstić information content (AvgIpc) is 2.52. The first-order valence-electron chi connectivity index (χ1n) is 6.84. The lowest BCUT2D eigenvalue weighted by molar-refractivity contribution is -0.124. The number of nitrogens with one attached hydrogen (secondary N) is 1. The number of ether oxygens (including phenoxy) is 2. The smallest absolute Gasteiger partial charge is 0.259 e. The van der Waals surface area contributed by atoms with E-state index in [1.807, 2.05) is 13.8 Å². The summed E-state index contributed by atoms with van der Waals surface area (Å²) < 4.78 is 10.5. The van der Waals surface area contributed by atoms with Gasteiger partial charge in [-0.05, 0) is 31.0 Å². The van der Waals surface area contributed by atoms with E-state index in [0.29, 0.717) is 23.3 Å². The van der Waals surface area contributed by atoms with Crippen LogP contribution in [0.1, 0.15) is 31.1 Å². The van der Waals surface area contributed by atoms with E-state index in [2.05, 4.69) is 11.4 Å². The summed E-state index contributed by atoms with van der Waals surface area (Å²) in [6.07, 6.45) is 0.694. The standard InChI is InChI=1S/C16H20N2O4/c1-11(2)16(3,10-17)18-15(20)9-22-13-6-5-12(8-19)7-14(13)21-4/h5-8,11H,9H2,1-4H3,(H,18,20). The van der Waals surface area contributed by atoms with Gasteiger partial charge in [-0.2, -0.15) is 5.26 Å². The summed E-state index contributed by atoms with van der Waals surface area (Å²) in [5.41, 5.74) is -0.503. The predicted molar refractivity (Wildman–Crippen MR) is 80.9 cm³/mol. The lowest BCUT2D eigenvalue weighted by Gasteiger charge is -2.27. The molecule has 0 aromatic heterocycles. The van der Waals surface area contributed by atoms with Gasteiger partial charge in [-0.25, -0.2) is 0 Å². The molecule has 0 saturated carbocycles. The summed E-state index contributed by atoms with van der Waals surface area (Å²) in [7, 11) is 1.45. The topological polar surface area (TPSA) is 88.4 Å². The molecule has 0 spiro atoms. The highest BCUT2D eigenvalue weighted by atomic mass is 16.5. The van der Waals surface area contributed by atoms with Crippen LogP contribution >= 0.6 is 0 Å². The van der Waals surface area contributed by atoms with Crippen LogP contribution in [0.5, 0.6) is 11.5 Å². The van der Waals surface area contributed by atoms with Crippen LogP contribution in [0.15, 0.2) is 18.2 Å². The molecule has 0 bridgehead atoms. The second kappa shape index (κ2) is 7.46. The molecule has 1 aromatic rings. The summed E-state index contributed by atoms with van der Waals surface area (Å²) in [6.45, 7) is 5.12. The van der Waals surface area contributed by atoms with Crippen LogP contribution in [0.3, 0.4) is 0 Å². The number of benzene rings is 1. The molecule has 0 heterocycles. The van der Waals surface area contributed by atoms with Gasteiger partial charge in [0.2, 0.25) is 0 Å². The second-order valence-electron chi connectivity index (χ2n) is 5.33. The van der Waals surface area contributed by atoms with Crippen molar-refractivity contribution in [2.45, 2.75) is 26.3 Å². The first-order valence-corrected chi connectivity index (χ1v) is 6.84. The van der Waals surface area contributed by atoms with E-state index in [1.165, 1.54) is 13.2 Å². The van der Waals surface area contributed by atoms with Crippen molar-refractivity contribution in [2.75, 3.05) is 13.7 Å². The molecule has 22 heavy (non-hydrogen) atoms. The number of hydrogen-bond acceptors (Lipinski definition) is 5. The van der Waals surface area contributed by atoms with E-state index in [1.54, 1.807) is 19.1 Å². The van der Waals surface area contributed by atoms with E-state index in [-0.39, 0.29) is 12.5 Å². The molecule has 1 amide bonds. The summed E-state index contributed by atoms with van der Waals surface area (Å²) >= 11 is 0. The number of hydrogen-bond donors (Lipinski definition) is 1. The fraction of sp³-hybridized carbons (Fsp3) is 0.438. The third kappa shape index (κ3) is 4.22. The van der Waals surface area contributed by atoms with E-state index in [9.17, 15) is 14.9 Å². The van der Waals surface area contributed by atoms with E-state index in [4.69, 9.17) is 9.47 Å². The van der Waals surface area contributed by atoms with Crippen molar-refractivity contribution in [2.24, 2.45) is 5.92 Å². The van der Waals surface area contributed by atoms with Crippen molar-refractivity contribution in [3.63, 3.8) is 0 Å². The lowest BCUT2D eigenvalue weighted by atomic mass is 9.90. The molecule has 6 nitrogen and oxygen atoms in total. The monoisotopic (exact) mass is 304 g/mol. The minimum Gasteiger partial charge on any atom is -0.493 e. The van der Waals surface area contributed by atoms with E-state index in [0.717, 1.165) is 0 Å². The van der Waals surface area contributed by atoms with E-state index >= 15 is 0 Å². The van der Waals surface area contributed by atoms with Crippen molar-refractivity contribution in [3.05, 3.63) is 23.8 Å². The van der Waals surface area contributed by atoms with Crippen LogP contribution < -0.4 is 14.8 Å². The fourth-order valence-electron chi connectivity index (χ4n) is 1.65. The van der Waals surface area contributed by atoms with Crippen LogP contribution in [0.25, 0.3) is 0 Å². The summed E-state index contributed by atoms with van der Waals surface area (Å²) in [6, 6.07) is 6.74. The first kappa shape index (κ1) is 17.5. The Balaban J connectivity index is 2.73. The van der Waals surface area contributed by atoms with Gasteiger partial charge in [0.1, 0.15) is 11.8 Å². The Bertz CT molecular complexity index is 592. The number of aldehydes is 1. The highest BCUT2D eigenvalue weighted by Gasteiger charge is 2.30. The summed E-state index contributed by atoms with van der Waals surface area (Å²) in [5.74, 6) is 0.276. The van der Waals surface area contributed by atoms with Crippen LogP contribution in [-0.2, 0) is 4.79 Å². The van der Waals surface area contributed by atoms with Gasteiger partial charge in [0.15, 0.2) is 18.1 Å². The Morgan fingerprint density at radius 2 is 2.14 bits per heavy atom. The Labute approximate surface area is 130 Å². The largest absolute Gasteiger partial charge is 0.493 e. The maximum Gasteiger partial charge on any atom is 0.259 e. The van der Waals surface area contributed by atoms with Crippen molar-refractivity contribution < 1.29 is 19.1 Å². The second-order valence-corrected chi connectivity index (χ2v) is 5.33. The van der Waals surface area contributed by atoms with Gasteiger partial charge in [0, 0.05) is 5.56 Å². The number of amides is 1. The van der Waals surface area contributed by atoms with Gasteiger partial charge in [0.05, 0.1) is 13.2 Å². The highest BCUT2D eigenvalue weighted by molar-refractivity contribution is 5.79. The Kier molecular flexibility index (Phi) is 5.93. The molecule has 6 heteroatoms. The molecule has 1 unspecified atom stereocenters. The SMILES string of the molecule is COc1cc(C=O)ccc1OCC(=O)NC(C)(C#N)C(C)C. The summed E-state index contributed by atoms with van der Waals surface area (Å²) in [4.78, 5) is 22.6. The van der Waals surface area contributed by atoms with Crippen LogP contribution in [0.4, 0.5) is 0 Å². The molecule has 0 radical (unpaired) electrons. The number of methoxy groups -OCH3 is 1. The van der Waals surface area contributed by atoms with Crippen LogP contribution in [0.2, 0.25) is 0 Å². The maximum absolute atomic E-state index is 11.9. The molecule has 1 atom stereocenters. The number of rotatable bonds is 7. The molecule has 0 fully saturated rings. The quantitative estimate of drug-likeness (QED) is 0.778. The number of nitrogens with zero attached hydrogens (tertiary/aromatic N) is 1. The minimum absolute atomic E-state index is 0.0390. The van der Waals surface area contributed by atoms with Crippen molar-refractivity contribution in [3.8, 4) is 17.6 Å². The molecule has 1 N–H and O–H groups in total. The molecule has 0 saturated heterocycles.